The number of rotatable bonds is 6. The molecule has 0 bridgehead atoms. The molecule has 6 aromatic rings. The Morgan fingerprint density at radius 1 is 1.00 bits per heavy atom. The SMILES string of the molecule is CNc1ncc(C(F)(F)F)cc1Cl.O=CCOc1ccc(-c2c(-c3ccc(Cl)cc3)nc3sc4ccccc4n23)cc1. The number of imidazole rings is 1. The molecule has 12 heteroatoms. The van der Waals surface area contributed by atoms with E-state index >= 15 is 0 Å². The number of alkyl halides is 3. The zero-order valence-electron chi connectivity index (χ0n) is 21.8. The lowest BCUT2D eigenvalue weighted by atomic mass is 10.0. The molecule has 6 nitrogen and oxygen atoms in total. The number of halogens is 5. The van der Waals surface area contributed by atoms with E-state index in [1.54, 1.807) is 11.3 Å². The molecule has 42 heavy (non-hydrogen) atoms. The van der Waals surface area contributed by atoms with Crippen LogP contribution in [0.5, 0.6) is 5.75 Å². The maximum atomic E-state index is 12.1. The highest BCUT2D eigenvalue weighted by Gasteiger charge is 2.31. The minimum absolute atomic E-state index is 0.0431. The van der Waals surface area contributed by atoms with Gasteiger partial charge in [-0.05, 0) is 54.6 Å². The molecular formula is C30H21Cl2F3N4O2S. The topological polar surface area (TPSA) is 68.5 Å². The predicted molar refractivity (Wildman–Crippen MR) is 162 cm³/mol. The van der Waals surface area contributed by atoms with Gasteiger partial charge in [-0.2, -0.15) is 13.2 Å². The molecule has 214 valence electrons. The number of carbonyl (C=O) groups excluding carboxylic acids is 1. The number of fused-ring (bicyclic) bond motifs is 3. The number of anilines is 1. The highest BCUT2D eigenvalue weighted by atomic mass is 35.5. The molecule has 0 unspecified atom stereocenters. The zero-order chi connectivity index (χ0) is 29.9. The molecule has 0 saturated carbocycles. The van der Waals surface area contributed by atoms with Crippen LogP contribution in [0.3, 0.4) is 0 Å². The monoisotopic (exact) mass is 628 g/mol. The largest absolute Gasteiger partial charge is 0.486 e. The van der Waals surface area contributed by atoms with Crippen molar-refractivity contribution >= 4 is 61.8 Å². The van der Waals surface area contributed by atoms with Gasteiger partial charge in [-0.3, -0.25) is 9.20 Å². The van der Waals surface area contributed by atoms with E-state index in [4.69, 9.17) is 32.9 Å². The van der Waals surface area contributed by atoms with Crippen molar-refractivity contribution in [2.45, 2.75) is 6.18 Å². The Hall–Kier alpha value is -4.12. The van der Waals surface area contributed by atoms with Gasteiger partial charge < -0.3 is 10.1 Å². The van der Waals surface area contributed by atoms with Crippen LogP contribution in [0.15, 0.2) is 85.1 Å². The second-order valence-corrected chi connectivity index (χ2v) is 10.7. The van der Waals surface area contributed by atoms with Crippen LogP contribution in [0.1, 0.15) is 5.56 Å². The highest BCUT2D eigenvalue weighted by Crippen LogP contribution is 2.39. The molecule has 0 spiro atoms. The van der Waals surface area contributed by atoms with E-state index in [1.807, 2.05) is 60.7 Å². The third kappa shape index (κ3) is 6.20. The Labute approximate surface area is 252 Å². The number of carbonyl (C=O) groups is 1. The maximum absolute atomic E-state index is 12.1. The molecule has 0 aliphatic rings. The second kappa shape index (κ2) is 12.4. The third-order valence-corrected chi connectivity index (χ3v) is 7.68. The van der Waals surface area contributed by atoms with Gasteiger partial charge in [0.25, 0.3) is 0 Å². The zero-order valence-corrected chi connectivity index (χ0v) is 24.2. The Morgan fingerprint density at radius 3 is 2.33 bits per heavy atom. The van der Waals surface area contributed by atoms with Gasteiger partial charge in [0.15, 0.2) is 11.2 Å². The number of nitrogens with zero attached hydrogens (tertiary/aromatic N) is 3. The first kappa shape index (κ1) is 29.4. The molecule has 1 N–H and O–H groups in total. The van der Waals surface area contributed by atoms with Gasteiger partial charge >= 0.3 is 6.18 Å². The summed E-state index contributed by atoms with van der Waals surface area (Å²) in [6.45, 7) is 0.0431. The number of thiazole rings is 1. The minimum atomic E-state index is -4.40. The Morgan fingerprint density at radius 2 is 1.69 bits per heavy atom. The summed E-state index contributed by atoms with van der Waals surface area (Å²) in [5.74, 6) is 0.888. The van der Waals surface area contributed by atoms with Gasteiger partial charge in [0.2, 0.25) is 0 Å². The molecule has 0 saturated heterocycles. The van der Waals surface area contributed by atoms with Crippen molar-refractivity contribution in [1.29, 1.82) is 0 Å². The number of hydrogen-bond donors (Lipinski definition) is 1. The summed E-state index contributed by atoms with van der Waals surface area (Å²) >= 11 is 13.3. The van der Waals surface area contributed by atoms with Crippen LogP contribution >= 0.6 is 34.5 Å². The van der Waals surface area contributed by atoms with Crippen molar-refractivity contribution in [1.82, 2.24) is 14.4 Å². The standard InChI is InChI=1S/C23H15ClN2O2S.C7H6ClF3N2/c24-17-9-5-15(6-10-17)21-22(16-7-11-18(12-8-16)28-14-13-27)26-19-3-1-2-4-20(19)29-23(26)25-21;1-12-6-5(8)2-4(3-13-6)7(9,10)11/h1-13H,14H2;2-3H,1H3,(H,12,13). The first-order chi connectivity index (χ1) is 20.2. The lowest BCUT2D eigenvalue weighted by Crippen LogP contribution is -2.06. The van der Waals surface area contributed by atoms with Crippen LogP contribution in [0.25, 0.3) is 37.7 Å². The van der Waals surface area contributed by atoms with E-state index in [0.717, 1.165) is 51.5 Å². The van der Waals surface area contributed by atoms with E-state index in [1.165, 1.54) is 11.7 Å². The van der Waals surface area contributed by atoms with Crippen LogP contribution in [0.2, 0.25) is 10.0 Å². The summed E-state index contributed by atoms with van der Waals surface area (Å²) in [6.07, 6.45) is -2.93. The molecule has 0 radical (unpaired) electrons. The van der Waals surface area contributed by atoms with Crippen LogP contribution in [0.4, 0.5) is 19.0 Å². The lowest BCUT2D eigenvalue weighted by Gasteiger charge is -2.08. The van der Waals surface area contributed by atoms with Crippen molar-refractivity contribution in [3.05, 3.63) is 101 Å². The molecular weight excluding hydrogens is 608 g/mol. The number of aromatic nitrogens is 3. The van der Waals surface area contributed by atoms with E-state index in [2.05, 4.69) is 26.8 Å². The summed E-state index contributed by atoms with van der Waals surface area (Å²) in [5, 5.41) is 3.21. The molecule has 0 aliphatic carbocycles. The fourth-order valence-corrected chi connectivity index (χ4v) is 5.62. The predicted octanol–water partition coefficient (Wildman–Crippen LogP) is 8.91. The normalized spacial score (nSPS) is 11.3. The minimum Gasteiger partial charge on any atom is -0.486 e. The summed E-state index contributed by atoms with van der Waals surface area (Å²) in [7, 11) is 1.53. The summed E-state index contributed by atoms with van der Waals surface area (Å²) in [6, 6.07) is 24.6. The molecule has 0 aliphatic heterocycles. The average molecular weight is 629 g/mol. The van der Waals surface area contributed by atoms with Gasteiger partial charge in [0, 0.05) is 29.4 Å². The van der Waals surface area contributed by atoms with Crippen molar-refractivity contribution in [3.8, 4) is 28.3 Å². The molecule has 0 fully saturated rings. The number of pyridine rings is 1. The summed E-state index contributed by atoms with van der Waals surface area (Å²) in [4.78, 5) is 20.0. The summed E-state index contributed by atoms with van der Waals surface area (Å²) in [5.41, 5.74) is 4.21. The van der Waals surface area contributed by atoms with Crippen LogP contribution in [-0.2, 0) is 11.0 Å². The Kier molecular flexibility index (Phi) is 8.67. The van der Waals surface area contributed by atoms with Crippen molar-refractivity contribution in [3.63, 3.8) is 0 Å². The van der Waals surface area contributed by atoms with Crippen LogP contribution in [0, 0.1) is 0 Å². The van der Waals surface area contributed by atoms with Gasteiger partial charge in [-0.15, -0.1) is 0 Å². The summed E-state index contributed by atoms with van der Waals surface area (Å²) < 4.78 is 45.0. The number of nitrogens with one attached hydrogen (secondary N) is 1. The molecule has 6 rings (SSSR count). The smallest absolute Gasteiger partial charge is 0.417 e. The third-order valence-electron chi connectivity index (χ3n) is 6.12. The number of hydrogen-bond acceptors (Lipinski definition) is 6. The molecule has 3 aromatic carbocycles. The molecule has 3 aromatic heterocycles. The number of para-hydroxylation sites is 1. The number of aldehydes is 1. The quantitative estimate of drug-likeness (QED) is 0.187. The van der Waals surface area contributed by atoms with E-state index in [0.29, 0.717) is 10.8 Å². The molecule has 3 heterocycles. The van der Waals surface area contributed by atoms with Gasteiger partial charge in [-0.25, -0.2) is 9.97 Å². The van der Waals surface area contributed by atoms with E-state index in [9.17, 15) is 18.0 Å². The van der Waals surface area contributed by atoms with Crippen molar-refractivity contribution in [2.75, 3.05) is 19.0 Å². The second-order valence-electron chi connectivity index (χ2n) is 8.81. The van der Waals surface area contributed by atoms with Gasteiger partial charge in [0.05, 0.1) is 32.2 Å². The molecule has 0 atom stereocenters. The average Bonchev–Trinajstić information content (AvgIpc) is 3.53. The lowest BCUT2D eigenvalue weighted by molar-refractivity contribution is -0.137. The van der Waals surface area contributed by atoms with Gasteiger partial charge in [0.1, 0.15) is 18.2 Å². The van der Waals surface area contributed by atoms with Crippen molar-refractivity contribution in [2.24, 2.45) is 0 Å². The van der Waals surface area contributed by atoms with E-state index < -0.39 is 11.7 Å². The first-order valence-corrected chi connectivity index (χ1v) is 14.0. The van der Waals surface area contributed by atoms with Gasteiger partial charge in [-0.1, -0.05) is 58.8 Å². The Bertz CT molecular complexity index is 1850. The Balaban J connectivity index is 0.000000229. The van der Waals surface area contributed by atoms with Crippen LogP contribution in [-0.4, -0.2) is 34.3 Å². The maximum Gasteiger partial charge on any atom is 0.417 e. The first-order valence-electron chi connectivity index (χ1n) is 12.4. The fraction of sp³-hybridized carbons (Fsp3) is 0.100. The van der Waals surface area contributed by atoms with E-state index in [-0.39, 0.29) is 17.4 Å². The molecule has 0 amide bonds. The highest BCUT2D eigenvalue weighted by molar-refractivity contribution is 7.23. The number of ether oxygens (including phenoxy) is 1. The number of benzene rings is 3. The van der Waals surface area contributed by atoms with Crippen molar-refractivity contribution < 1.29 is 22.7 Å². The van der Waals surface area contributed by atoms with Crippen LogP contribution < -0.4 is 10.1 Å². The fourth-order valence-electron chi connectivity index (χ4n) is 4.21.